The van der Waals surface area contributed by atoms with E-state index in [1.165, 1.54) is 146 Å². The Morgan fingerprint density at radius 2 is 0.303 bits per heavy atom. The molecule has 9 aromatic rings. The molecule has 0 aromatic heterocycles. The molecule has 0 bridgehead atoms. The average molecular weight is 1020 g/mol. The Balaban J connectivity index is 0.000000441. The number of hydrogen-bond acceptors (Lipinski definition) is 0. The number of hydrogen-bond donors (Lipinski definition) is 0. The van der Waals surface area contributed by atoms with Crippen molar-refractivity contribution >= 4 is 21.5 Å². The molecule has 9 rings (SSSR count). The first-order valence-corrected chi connectivity index (χ1v) is 27.9. The highest BCUT2D eigenvalue weighted by molar-refractivity contribution is 5.93. The Labute approximate surface area is 467 Å². The third kappa shape index (κ3) is 24.0. The van der Waals surface area contributed by atoms with E-state index in [0.717, 1.165) is 0 Å². The van der Waals surface area contributed by atoms with Gasteiger partial charge in [0.2, 0.25) is 0 Å². The van der Waals surface area contributed by atoms with E-state index in [2.05, 4.69) is 324 Å². The first-order valence-electron chi connectivity index (χ1n) is 27.9. The average Bonchev–Trinajstić information content (AvgIpc) is 3.37. The van der Waals surface area contributed by atoms with Crippen LogP contribution in [-0.2, 0) is 0 Å². The van der Waals surface area contributed by atoms with Gasteiger partial charge in [-0.25, -0.2) is 0 Å². The second-order valence-corrected chi connectivity index (χ2v) is 21.1. The van der Waals surface area contributed by atoms with Gasteiger partial charge in [-0.1, -0.05) is 198 Å². The SMILES string of the molecule is CCC.CCC.Cc1cc(C)c(C)cc1C.Cc1cc2cc(C)c(C)cc2cc1C.Cc1ccc(C)c2c(C)ccc(C)c12.Cc1ccccc1C.Cc1ccccc1C.Cc1ccccc1C.Cc1ccccc1C. The van der Waals surface area contributed by atoms with Crippen molar-refractivity contribution in [3.05, 3.63) is 269 Å². The number of benzene rings is 9. The summed E-state index contributed by atoms with van der Waals surface area (Å²) in [6.07, 6.45) is 2.50. The Bertz CT molecular complexity index is 2630. The van der Waals surface area contributed by atoms with E-state index in [1.807, 2.05) is 0 Å². The van der Waals surface area contributed by atoms with E-state index >= 15 is 0 Å². The van der Waals surface area contributed by atoms with Crippen molar-refractivity contribution in [2.75, 3.05) is 0 Å². The Morgan fingerprint density at radius 1 is 0.171 bits per heavy atom. The summed E-state index contributed by atoms with van der Waals surface area (Å²) in [5.41, 5.74) is 27.5. The van der Waals surface area contributed by atoms with Gasteiger partial charge in [-0.3, -0.25) is 0 Å². The molecule has 0 saturated heterocycles. The topological polar surface area (TPSA) is 0 Å². The maximum Gasteiger partial charge on any atom is -0.0120 e. The van der Waals surface area contributed by atoms with Gasteiger partial charge >= 0.3 is 0 Å². The molecule has 0 heteroatoms. The fraction of sp³-hybridized carbons (Fsp3) is 0.342. The van der Waals surface area contributed by atoms with Crippen molar-refractivity contribution in [2.24, 2.45) is 0 Å². The largest absolute Gasteiger partial charge is 0.0656 e. The molecule has 0 heterocycles. The molecule has 0 fully saturated rings. The summed E-state index contributed by atoms with van der Waals surface area (Å²) in [4.78, 5) is 0. The van der Waals surface area contributed by atoms with Gasteiger partial charge in [0, 0.05) is 0 Å². The molecule has 76 heavy (non-hydrogen) atoms. The van der Waals surface area contributed by atoms with E-state index < -0.39 is 0 Å². The summed E-state index contributed by atoms with van der Waals surface area (Å²) in [5, 5.41) is 5.59. The maximum absolute atomic E-state index is 2.27. The molecule has 0 atom stereocenters. The van der Waals surface area contributed by atoms with Crippen LogP contribution < -0.4 is 0 Å². The van der Waals surface area contributed by atoms with Crippen molar-refractivity contribution in [1.29, 1.82) is 0 Å². The quantitative estimate of drug-likeness (QED) is 0.142. The standard InChI is InChI=1S/2C14H16.C10H14.4C8H10.2C3H8/c1-9-5-13-7-11(3)12(4)8-14(13)6-10(9)2;1-9-5-6-11(3)14-12(4)8-7-10(2)13(9)14;1-7-5-9(3)10(4)6-8(7)2;4*1-7-5-3-4-6-8(7)2;2*1-3-2/h2*5-8H,1-4H3;5-6H,1-4H3;4*3-6H,1-2H3;2*3H2,1-2H3. The Morgan fingerprint density at radius 3 is 0.434 bits per heavy atom. The molecule has 0 spiro atoms. The lowest BCUT2D eigenvalue weighted by Crippen LogP contribution is -1.89. The molecular formula is C76H102. The van der Waals surface area contributed by atoms with E-state index in [-0.39, 0.29) is 0 Å². The van der Waals surface area contributed by atoms with Crippen LogP contribution in [0.4, 0.5) is 0 Å². The highest BCUT2D eigenvalue weighted by Crippen LogP contribution is 2.28. The molecule has 0 unspecified atom stereocenters. The van der Waals surface area contributed by atoms with Crippen molar-refractivity contribution in [2.45, 2.75) is 179 Å². The zero-order valence-corrected chi connectivity index (χ0v) is 52.4. The normalized spacial score (nSPS) is 9.68. The zero-order valence-electron chi connectivity index (χ0n) is 52.4. The summed E-state index contributed by atoms with van der Waals surface area (Å²) in [6.45, 7) is 51.5. The van der Waals surface area contributed by atoms with Crippen LogP contribution >= 0.6 is 0 Å². The third-order valence-electron chi connectivity index (χ3n) is 13.9. The summed E-state index contributed by atoms with van der Waals surface area (Å²) >= 11 is 0. The Hall–Kier alpha value is -6.50. The molecular weight excluding hydrogens is 913 g/mol. The van der Waals surface area contributed by atoms with E-state index in [0.29, 0.717) is 0 Å². The first-order chi connectivity index (χ1) is 35.8. The smallest absolute Gasteiger partial charge is 0.0120 e. The van der Waals surface area contributed by atoms with Crippen LogP contribution in [0.2, 0.25) is 0 Å². The van der Waals surface area contributed by atoms with E-state index in [4.69, 9.17) is 0 Å². The molecule has 9 aromatic carbocycles. The molecule has 0 amide bonds. The predicted molar refractivity (Wildman–Crippen MR) is 347 cm³/mol. The van der Waals surface area contributed by atoms with Crippen LogP contribution in [0.1, 0.15) is 152 Å². The summed E-state index contributed by atoms with van der Waals surface area (Å²) < 4.78 is 0. The van der Waals surface area contributed by atoms with Gasteiger partial charge in [0.25, 0.3) is 0 Å². The molecule has 0 nitrogen and oxygen atoms in total. The van der Waals surface area contributed by atoms with Gasteiger partial charge in [0.1, 0.15) is 0 Å². The molecule has 406 valence electrons. The van der Waals surface area contributed by atoms with Crippen molar-refractivity contribution in [1.82, 2.24) is 0 Å². The minimum absolute atomic E-state index is 1.25. The van der Waals surface area contributed by atoms with Crippen molar-refractivity contribution in [3.63, 3.8) is 0 Å². The molecule has 0 N–H and O–H groups in total. The minimum Gasteiger partial charge on any atom is -0.0656 e. The third-order valence-corrected chi connectivity index (χ3v) is 13.9. The van der Waals surface area contributed by atoms with Gasteiger partial charge in [-0.05, 0) is 271 Å². The second kappa shape index (κ2) is 35.7. The Kier molecular flexibility index (Phi) is 31.7. The second-order valence-electron chi connectivity index (χ2n) is 21.1. The van der Waals surface area contributed by atoms with E-state index in [1.54, 1.807) is 0 Å². The number of aryl methyl sites for hydroxylation is 20. The number of fused-ring (bicyclic) bond motifs is 2. The van der Waals surface area contributed by atoms with Gasteiger partial charge in [0.05, 0.1) is 0 Å². The van der Waals surface area contributed by atoms with Crippen LogP contribution in [0.5, 0.6) is 0 Å². The van der Waals surface area contributed by atoms with Crippen LogP contribution in [0, 0.1) is 138 Å². The highest BCUT2D eigenvalue weighted by atomic mass is 14.1. The lowest BCUT2D eigenvalue weighted by Gasteiger charge is -2.11. The summed E-state index contributed by atoms with van der Waals surface area (Å²) in [6, 6.07) is 55.9. The van der Waals surface area contributed by atoms with Gasteiger partial charge < -0.3 is 0 Å². The number of rotatable bonds is 0. The van der Waals surface area contributed by atoms with Crippen LogP contribution in [0.15, 0.2) is 158 Å². The lowest BCUT2D eigenvalue weighted by atomic mass is 9.94. The van der Waals surface area contributed by atoms with E-state index in [9.17, 15) is 0 Å². The van der Waals surface area contributed by atoms with Gasteiger partial charge in [-0.2, -0.15) is 0 Å². The zero-order chi connectivity index (χ0) is 57.7. The first kappa shape index (κ1) is 67.5. The monoisotopic (exact) mass is 1010 g/mol. The fourth-order valence-corrected chi connectivity index (χ4v) is 7.80. The van der Waals surface area contributed by atoms with Crippen LogP contribution in [-0.4, -0.2) is 0 Å². The summed E-state index contributed by atoms with van der Waals surface area (Å²) in [5.74, 6) is 0. The fourth-order valence-electron chi connectivity index (χ4n) is 7.80. The minimum atomic E-state index is 1.25. The van der Waals surface area contributed by atoms with Gasteiger partial charge in [-0.15, -0.1) is 0 Å². The summed E-state index contributed by atoms with van der Waals surface area (Å²) in [7, 11) is 0. The van der Waals surface area contributed by atoms with Crippen molar-refractivity contribution < 1.29 is 0 Å². The van der Waals surface area contributed by atoms with Gasteiger partial charge in [0.15, 0.2) is 0 Å². The molecule has 0 aliphatic carbocycles. The molecule has 0 saturated carbocycles. The highest BCUT2D eigenvalue weighted by Gasteiger charge is 2.06. The molecule has 0 aliphatic heterocycles. The van der Waals surface area contributed by atoms with Crippen LogP contribution in [0.25, 0.3) is 21.5 Å². The van der Waals surface area contributed by atoms with Crippen LogP contribution in [0.3, 0.4) is 0 Å². The lowest BCUT2D eigenvalue weighted by molar-refractivity contribution is 1.09. The maximum atomic E-state index is 2.27. The van der Waals surface area contributed by atoms with Crippen molar-refractivity contribution in [3.8, 4) is 0 Å². The predicted octanol–water partition coefficient (Wildman–Crippen LogP) is 23.1. The molecule has 0 radical (unpaired) electrons. The molecule has 0 aliphatic rings.